The van der Waals surface area contributed by atoms with Crippen LogP contribution in [0.3, 0.4) is 0 Å². The summed E-state index contributed by atoms with van der Waals surface area (Å²) in [4.78, 5) is 42.6. The van der Waals surface area contributed by atoms with Crippen LogP contribution >= 0.6 is 11.3 Å². The van der Waals surface area contributed by atoms with Crippen LogP contribution in [-0.2, 0) is 9.53 Å². The normalized spacial score (nSPS) is 14.8. The van der Waals surface area contributed by atoms with Crippen LogP contribution in [0.2, 0.25) is 0 Å². The molecule has 11 nitrogen and oxygen atoms in total. The van der Waals surface area contributed by atoms with Crippen LogP contribution < -0.4 is 24.4 Å². The molecule has 1 aliphatic heterocycles. The van der Waals surface area contributed by atoms with Gasteiger partial charge in [0, 0.05) is 23.8 Å². The molecule has 12 heteroatoms. The minimum Gasteiger partial charge on any atom is -0.493 e. The summed E-state index contributed by atoms with van der Waals surface area (Å²) in [5.41, 5.74) is 1.38. The van der Waals surface area contributed by atoms with Crippen molar-refractivity contribution in [3.63, 3.8) is 0 Å². The van der Waals surface area contributed by atoms with Gasteiger partial charge in [-0.3, -0.25) is 19.5 Å². The number of aromatic nitrogens is 1. The number of hydrogen-bond donors (Lipinski definition) is 0. The molecule has 0 N–H and O–H groups in total. The average Bonchev–Trinajstić information content (AvgIpc) is 3.56. The number of benzene rings is 2. The van der Waals surface area contributed by atoms with Gasteiger partial charge >= 0.3 is 5.97 Å². The van der Waals surface area contributed by atoms with Crippen LogP contribution in [0.25, 0.3) is 17.4 Å². The Morgan fingerprint density at radius 1 is 1.15 bits per heavy atom. The number of carbonyl (C=O) groups excluding carboxylic acids is 1. The number of ether oxygens (including phenoxy) is 3. The van der Waals surface area contributed by atoms with E-state index in [1.54, 1.807) is 62.4 Å². The zero-order chi connectivity index (χ0) is 29.3. The Morgan fingerprint density at radius 2 is 1.93 bits per heavy atom. The molecule has 1 atom stereocenters. The molecule has 0 saturated carbocycles. The summed E-state index contributed by atoms with van der Waals surface area (Å²) >= 11 is 1.15. The first kappa shape index (κ1) is 27.6. The van der Waals surface area contributed by atoms with Gasteiger partial charge in [0.1, 0.15) is 11.5 Å². The van der Waals surface area contributed by atoms with E-state index in [9.17, 15) is 19.7 Å². The summed E-state index contributed by atoms with van der Waals surface area (Å²) in [7, 11) is 3.03. The quantitative estimate of drug-likeness (QED) is 0.175. The molecule has 1 unspecified atom stereocenters. The Labute approximate surface area is 237 Å². The molecular weight excluding hydrogens is 550 g/mol. The second-order valence-corrected chi connectivity index (χ2v) is 9.94. The van der Waals surface area contributed by atoms with E-state index >= 15 is 0 Å². The van der Waals surface area contributed by atoms with Crippen molar-refractivity contribution < 1.29 is 28.3 Å². The van der Waals surface area contributed by atoms with E-state index in [0.717, 1.165) is 11.3 Å². The third kappa shape index (κ3) is 5.16. The van der Waals surface area contributed by atoms with Crippen molar-refractivity contribution in [1.82, 2.24) is 4.57 Å². The first-order valence-electron chi connectivity index (χ1n) is 12.5. The fourth-order valence-electron chi connectivity index (χ4n) is 4.62. The number of allylic oxidation sites excluding steroid dienone is 1. The highest BCUT2D eigenvalue weighted by atomic mass is 32.1. The standard InChI is InChI=1S/C29H25N3O8S/c1-5-39-28(34)25-16(2)30-29-31(26(25)18-9-11-22(37-3)23(14-18)38-4)27(33)24(41-29)15-20-10-12-21(40-20)17-7-6-8-19(13-17)32(35)36/h6-15,26H,5H2,1-4H3/b24-15-. The zero-order valence-electron chi connectivity index (χ0n) is 22.6. The van der Waals surface area contributed by atoms with Crippen LogP contribution in [0.5, 0.6) is 11.5 Å². The molecule has 0 saturated heterocycles. The molecule has 3 heterocycles. The van der Waals surface area contributed by atoms with Crippen molar-refractivity contribution in [2.45, 2.75) is 19.9 Å². The first-order chi connectivity index (χ1) is 19.7. The van der Waals surface area contributed by atoms with Crippen LogP contribution in [0.4, 0.5) is 5.69 Å². The summed E-state index contributed by atoms with van der Waals surface area (Å²) in [6.45, 7) is 3.57. The summed E-state index contributed by atoms with van der Waals surface area (Å²) in [6, 6.07) is 13.8. The number of methoxy groups -OCH3 is 2. The molecule has 41 heavy (non-hydrogen) atoms. The number of nitrogens with zero attached hydrogens (tertiary/aromatic N) is 3. The predicted molar refractivity (Wildman–Crippen MR) is 151 cm³/mol. The van der Waals surface area contributed by atoms with Gasteiger partial charge in [0.2, 0.25) is 0 Å². The highest BCUT2D eigenvalue weighted by molar-refractivity contribution is 7.07. The number of rotatable bonds is 8. The average molecular weight is 576 g/mol. The number of furan rings is 1. The number of nitro groups is 1. The molecule has 0 fully saturated rings. The summed E-state index contributed by atoms with van der Waals surface area (Å²) < 4.78 is 23.9. The number of thiazole rings is 1. The van der Waals surface area contributed by atoms with Crippen LogP contribution in [0.1, 0.15) is 31.2 Å². The molecule has 0 bridgehead atoms. The number of esters is 1. The zero-order valence-corrected chi connectivity index (χ0v) is 23.4. The Balaban J connectivity index is 1.64. The van der Waals surface area contributed by atoms with Gasteiger partial charge in [-0.1, -0.05) is 29.5 Å². The topological polar surface area (TPSA) is 135 Å². The molecule has 210 valence electrons. The molecule has 0 amide bonds. The van der Waals surface area contributed by atoms with Gasteiger partial charge in [0.15, 0.2) is 16.3 Å². The van der Waals surface area contributed by atoms with Gasteiger partial charge in [0.05, 0.1) is 47.6 Å². The van der Waals surface area contributed by atoms with E-state index in [0.29, 0.717) is 49.2 Å². The SMILES string of the molecule is CCOC(=O)C1=C(C)N=c2s/c(=C\c3ccc(-c4cccc([N+](=O)[O-])c4)o3)c(=O)n2C1c1ccc(OC)c(OC)c1. The summed E-state index contributed by atoms with van der Waals surface area (Å²) in [6.07, 6.45) is 1.58. The lowest BCUT2D eigenvalue weighted by atomic mass is 9.95. The lowest BCUT2D eigenvalue weighted by Gasteiger charge is -2.25. The molecule has 0 radical (unpaired) electrons. The largest absolute Gasteiger partial charge is 0.493 e. The maximum atomic E-state index is 13.8. The van der Waals surface area contributed by atoms with Gasteiger partial charge in [-0.05, 0) is 43.7 Å². The molecule has 4 aromatic rings. The van der Waals surface area contributed by atoms with Gasteiger partial charge < -0.3 is 18.6 Å². The van der Waals surface area contributed by atoms with Gasteiger partial charge in [-0.25, -0.2) is 9.79 Å². The lowest BCUT2D eigenvalue weighted by Crippen LogP contribution is -2.39. The fourth-order valence-corrected chi connectivity index (χ4v) is 5.64. The second-order valence-electron chi connectivity index (χ2n) is 8.93. The number of hydrogen-bond acceptors (Lipinski definition) is 10. The third-order valence-corrected chi connectivity index (χ3v) is 7.46. The second kappa shape index (κ2) is 11.3. The lowest BCUT2D eigenvalue weighted by molar-refractivity contribution is -0.384. The fraction of sp³-hybridized carbons (Fsp3) is 0.207. The van der Waals surface area contributed by atoms with E-state index < -0.39 is 16.9 Å². The minimum absolute atomic E-state index is 0.0586. The third-order valence-electron chi connectivity index (χ3n) is 6.48. The Hall–Kier alpha value is -4.97. The smallest absolute Gasteiger partial charge is 0.338 e. The van der Waals surface area contributed by atoms with Crippen molar-refractivity contribution in [3.8, 4) is 22.8 Å². The Kier molecular flexibility index (Phi) is 7.58. The minimum atomic E-state index is -0.829. The molecule has 5 rings (SSSR count). The van der Waals surface area contributed by atoms with Crippen LogP contribution in [0.15, 0.2) is 80.1 Å². The number of fused-ring (bicyclic) bond motifs is 1. The highest BCUT2D eigenvalue weighted by Crippen LogP contribution is 2.36. The van der Waals surface area contributed by atoms with E-state index in [1.165, 1.54) is 30.9 Å². The van der Waals surface area contributed by atoms with Crippen LogP contribution in [0, 0.1) is 10.1 Å². The van der Waals surface area contributed by atoms with E-state index in [2.05, 4.69) is 4.99 Å². The van der Waals surface area contributed by atoms with E-state index in [-0.39, 0.29) is 23.4 Å². The monoisotopic (exact) mass is 575 g/mol. The Morgan fingerprint density at radius 3 is 2.63 bits per heavy atom. The first-order valence-corrected chi connectivity index (χ1v) is 13.3. The molecule has 0 spiro atoms. The van der Waals surface area contributed by atoms with Gasteiger partial charge in [-0.15, -0.1) is 0 Å². The van der Waals surface area contributed by atoms with Gasteiger partial charge in [-0.2, -0.15) is 0 Å². The van der Waals surface area contributed by atoms with Crippen molar-refractivity contribution in [1.29, 1.82) is 0 Å². The molecular formula is C29H25N3O8S. The van der Waals surface area contributed by atoms with Crippen molar-refractivity contribution in [3.05, 3.63) is 107 Å². The Bertz CT molecular complexity index is 1880. The summed E-state index contributed by atoms with van der Waals surface area (Å²) in [5.74, 6) is 1.15. The van der Waals surface area contributed by atoms with Crippen molar-refractivity contribution >= 4 is 29.1 Å². The van der Waals surface area contributed by atoms with Crippen LogP contribution in [-0.4, -0.2) is 36.3 Å². The number of carbonyl (C=O) groups is 1. The molecule has 0 aliphatic carbocycles. The predicted octanol–water partition coefficient (Wildman–Crippen LogP) is 3.98. The maximum Gasteiger partial charge on any atom is 0.338 e. The van der Waals surface area contributed by atoms with E-state index in [4.69, 9.17) is 18.6 Å². The molecule has 1 aliphatic rings. The van der Waals surface area contributed by atoms with Crippen molar-refractivity contribution in [2.75, 3.05) is 20.8 Å². The summed E-state index contributed by atoms with van der Waals surface area (Å²) in [5, 5.41) is 11.2. The number of nitro benzene ring substituents is 1. The van der Waals surface area contributed by atoms with Crippen molar-refractivity contribution in [2.24, 2.45) is 4.99 Å². The highest BCUT2D eigenvalue weighted by Gasteiger charge is 2.34. The molecule has 2 aromatic carbocycles. The molecule has 2 aromatic heterocycles. The van der Waals surface area contributed by atoms with E-state index in [1.807, 2.05) is 0 Å². The van der Waals surface area contributed by atoms with Gasteiger partial charge in [0.25, 0.3) is 11.2 Å². The number of non-ortho nitro benzene ring substituents is 1. The maximum absolute atomic E-state index is 13.8.